The number of amides is 3. The minimum absolute atomic E-state index is 0.143. The van der Waals surface area contributed by atoms with Crippen LogP contribution in [0.3, 0.4) is 0 Å². The first-order chi connectivity index (χ1) is 16.3. The minimum atomic E-state index is -0.912. The summed E-state index contributed by atoms with van der Waals surface area (Å²) in [7, 11) is 0. The van der Waals surface area contributed by atoms with Crippen molar-refractivity contribution in [2.24, 2.45) is 0 Å². The second-order valence-electron chi connectivity index (χ2n) is 8.10. The molecule has 8 nitrogen and oxygen atoms in total. The van der Waals surface area contributed by atoms with Crippen LogP contribution in [0.2, 0.25) is 0 Å². The van der Waals surface area contributed by atoms with Crippen LogP contribution in [0.5, 0.6) is 0 Å². The van der Waals surface area contributed by atoms with Crippen molar-refractivity contribution in [1.82, 2.24) is 5.32 Å². The molecule has 3 amide bonds. The van der Waals surface area contributed by atoms with Gasteiger partial charge in [-0.2, -0.15) is 10.5 Å². The molecule has 2 atom stereocenters. The lowest BCUT2D eigenvalue weighted by Crippen LogP contribution is -2.57. The van der Waals surface area contributed by atoms with Crippen molar-refractivity contribution in [3.8, 4) is 12.1 Å². The molecule has 0 saturated carbocycles. The number of nitrogens with zero attached hydrogens (tertiary/aromatic N) is 3. The number of benzene rings is 3. The highest BCUT2D eigenvalue weighted by Crippen LogP contribution is 2.35. The van der Waals surface area contributed by atoms with Gasteiger partial charge in [-0.15, -0.1) is 0 Å². The first-order valence-electron chi connectivity index (χ1n) is 10.7. The number of anilines is 2. The summed E-state index contributed by atoms with van der Waals surface area (Å²) in [5, 5.41) is 25.7. The molecule has 1 heterocycles. The molecule has 1 aliphatic heterocycles. The number of nitrogens with one attached hydrogen (secondary N) is 2. The first kappa shape index (κ1) is 22.5. The molecule has 3 aromatic carbocycles. The molecule has 0 fully saturated rings. The number of fused-ring (bicyclic) bond motifs is 3. The molecule has 1 aliphatic rings. The van der Waals surface area contributed by atoms with Gasteiger partial charge in [-0.05, 0) is 47.5 Å². The van der Waals surface area contributed by atoms with Gasteiger partial charge in [-0.3, -0.25) is 19.3 Å². The van der Waals surface area contributed by atoms with Crippen molar-refractivity contribution in [2.75, 3.05) is 10.2 Å². The lowest BCUT2D eigenvalue weighted by Gasteiger charge is -2.38. The van der Waals surface area contributed by atoms with Crippen molar-refractivity contribution in [1.29, 1.82) is 10.5 Å². The zero-order chi connectivity index (χ0) is 24.4. The average molecular weight is 451 g/mol. The van der Waals surface area contributed by atoms with Crippen LogP contribution in [-0.4, -0.2) is 29.8 Å². The molecular weight excluding hydrogens is 430 g/mol. The first-order valence-corrected chi connectivity index (χ1v) is 10.7. The largest absolute Gasteiger partial charge is 0.344 e. The number of carbonyl (C=O) groups is 3. The summed E-state index contributed by atoms with van der Waals surface area (Å²) < 4.78 is 0. The Bertz CT molecular complexity index is 1420. The summed E-state index contributed by atoms with van der Waals surface area (Å²) in [5.74, 6) is -1.18. The van der Waals surface area contributed by atoms with Crippen LogP contribution in [0.4, 0.5) is 11.4 Å². The van der Waals surface area contributed by atoms with E-state index in [0.29, 0.717) is 17.8 Å². The average Bonchev–Trinajstić information content (AvgIpc) is 2.83. The van der Waals surface area contributed by atoms with Gasteiger partial charge in [0.05, 0.1) is 11.1 Å². The Hall–Kier alpha value is -4.69. The van der Waals surface area contributed by atoms with Gasteiger partial charge < -0.3 is 10.6 Å². The molecule has 1 unspecified atom stereocenters. The molecule has 4 rings (SSSR count). The number of hydrogen-bond donors (Lipinski definition) is 2. The van der Waals surface area contributed by atoms with Crippen LogP contribution in [0.1, 0.15) is 30.5 Å². The van der Waals surface area contributed by atoms with Gasteiger partial charge in [-0.1, -0.05) is 30.3 Å². The lowest BCUT2D eigenvalue weighted by molar-refractivity contribution is -0.128. The Morgan fingerprint density at radius 1 is 1.06 bits per heavy atom. The standard InChI is InChI=1S/C26H21N5O3/c1-15(25(33)30-20-9-7-18(13-27)19(11-20)14-28)31-24-10-8-17-5-3-4-6-21(17)22(24)12-23(26(31)34)29-16(2)32/h3-11,15,23H,12H2,1-2H3,(H,29,32)(H,30,33)/t15-,23?/m0/s1. The van der Waals surface area contributed by atoms with E-state index in [4.69, 9.17) is 5.26 Å². The van der Waals surface area contributed by atoms with Crippen LogP contribution in [0.25, 0.3) is 10.8 Å². The molecule has 8 heteroatoms. The van der Waals surface area contributed by atoms with Crippen LogP contribution in [0, 0.1) is 22.7 Å². The minimum Gasteiger partial charge on any atom is -0.344 e. The van der Waals surface area contributed by atoms with Crippen LogP contribution in [-0.2, 0) is 20.8 Å². The molecule has 2 N–H and O–H groups in total. The molecule has 0 bridgehead atoms. The predicted molar refractivity (Wildman–Crippen MR) is 127 cm³/mol. The second-order valence-corrected chi connectivity index (χ2v) is 8.10. The summed E-state index contributed by atoms with van der Waals surface area (Å²) in [6, 6.07) is 18.0. The molecule has 0 saturated heterocycles. The van der Waals surface area contributed by atoms with Gasteiger partial charge in [0.25, 0.3) is 5.91 Å². The maximum absolute atomic E-state index is 13.4. The number of hydrogen-bond acceptors (Lipinski definition) is 5. The topological polar surface area (TPSA) is 126 Å². The molecule has 34 heavy (non-hydrogen) atoms. The number of nitriles is 2. The van der Waals surface area contributed by atoms with E-state index in [1.165, 1.54) is 30.0 Å². The maximum atomic E-state index is 13.4. The smallest absolute Gasteiger partial charge is 0.250 e. The fraction of sp³-hybridized carbons (Fsp3) is 0.192. The zero-order valence-electron chi connectivity index (χ0n) is 18.6. The molecule has 168 valence electrons. The molecule has 0 radical (unpaired) electrons. The number of carbonyl (C=O) groups excluding carboxylic acids is 3. The fourth-order valence-electron chi connectivity index (χ4n) is 4.28. The van der Waals surface area contributed by atoms with E-state index in [9.17, 15) is 19.6 Å². The van der Waals surface area contributed by atoms with Gasteiger partial charge in [0, 0.05) is 24.7 Å². The van der Waals surface area contributed by atoms with E-state index in [2.05, 4.69) is 10.6 Å². The van der Waals surface area contributed by atoms with Gasteiger partial charge in [0.1, 0.15) is 24.2 Å². The molecular formula is C26H21N5O3. The van der Waals surface area contributed by atoms with Crippen molar-refractivity contribution in [3.63, 3.8) is 0 Å². The van der Waals surface area contributed by atoms with Crippen molar-refractivity contribution >= 4 is 39.9 Å². The van der Waals surface area contributed by atoms with Gasteiger partial charge >= 0.3 is 0 Å². The van der Waals surface area contributed by atoms with Crippen LogP contribution >= 0.6 is 0 Å². The Balaban J connectivity index is 1.72. The summed E-state index contributed by atoms with van der Waals surface area (Å²) in [4.78, 5) is 39.8. The van der Waals surface area contributed by atoms with E-state index in [-0.39, 0.29) is 22.9 Å². The summed E-state index contributed by atoms with van der Waals surface area (Å²) in [6.07, 6.45) is 0.321. The maximum Gasteiger partial charge on any atom is 0.250 e. The molecule has 0 aliphatic carbocycles. The highest BCUT2D eigenvalue weighted by molar-refractivity contribution is 6.10. The Kier molecular flexibility index (Phi) is 5.99. The van der Waals surface area contributed by atoms with Crippen LogP contribution in [0.15, 0.2) is 54.6 Å². The number of rotatable bonds is 4. The monoisotopic (exact) mass is 451 g/mol. The normalized spacial score (nSPS) is 15.6. The van der Waals surface area contributed by atoms with Crippen molar-refractivity contribution in [3.05, 3.63) is 71.3 Å². The molecule has 3 aromatic rings. The third kappa shape index (κ3) is 4.05. The Morgan fingerprint density at radius 2 is 1.79 bits per heavy atom. The predicted octanol–water partition coefficient (Wildman–Crippen LogP) is 3.00. The van der Waals surface area contributed by atoms with Crippen LogP contribution < -0.4 is 15.5 Å². The molecule has 0 aromatic heterocycles. The third-order valence-electron chi connectivity index (χ3n) is 5.89. The fourth-order valence-corrected chi connectivity index (χ4v) is 4.28. The summed E-state index contributed by atoms with van der Waals surface area (Å²) in [6.45, 7) is 2.96. The van der Waals surface area contributed by atoms with E-state index < -0.39 is 18.0 Å². The van der Waals surface area contributed by atoms with Crippen molar-refractivity contribution in [2.45, 2.75) is 32.4 Å². The van der Waals surface area contributed by atoms with E-state index in [1.54, 1.807) is 6.92 Å². The lowest BCUT2D eigenvalue weighted by atomic mass is 9.91. The summed E-state index contributed by atoms with van der Waals surface area (Å²) in [5.41, 5.74) is 2.18. The van der Waals surface area contributed by atoms with Gasteiger partial charge in [0.2, 0.25) is 11.8 Å². The van der Waals surface area contributed by atoms with E-state index >= 15 is 0 Å². The Morgan fingerprint density at radius 3 is 2.50 bits per heavy atom. The van der Waals surface area contributed by atoms with Gasteiger partial charge in [0.15, 0.2) is 0 Å². The summed E-state index contributed by atoms with van der Waals surface area (Å²) >= 11 is 0. The third-order valence-corrected chi connectivity index (χ3v) is 5.89. The highest BCUT2D eigenvalue weighted by atomic mass is 16.2. The zero-order valence-corrected chi connectivity index (χ0v) is 18.6. The highest BCUT2D eigenvalue weighted by Gasteiger charge is 2.39. The van der Waals surface area contributed by atoms with E-state index in [0.717, 1.165) is 16.3 Å². The molecule has 0 spiro atoms. The second kappa shape index (κ2) is 9.05. The van der Waals surface area contributed by atoms with Crippen molar-refractivity contribution < 1.29 is 14.4 Å². The van der Waals surface area contributed by atoms with E-state index in [1.807, 2.05) is 48.5 Å². The Labute approximate surface area is 196 Å². The quantitative estimate of drug-likeness (QED) is 0.631. The van der Waals surface area contributed by atoms with Gasteiger partial charge in [-0.25, -0.2) is 0 Å². The SMILES string of the molecule is CC(=O)NC1Cc2c(ccc3ccccc23)N([C@@H](C)C(=O)Nc2ccc(C#N)c(C#N)c2)C1=O.